The number of nitrogens with zero attached hydrogens (tertiary/aromatic N) is 3. The van der Waals surface area contributed by atoms with Crippen LogP contribution in [0.15, 0.2) is 54.6 Å². The number of allylic oxidation sites excluding steroid dienone is 1. The first-order valence-electron chi connectivity index (χ1n) is 12.5. The van der Waals surface area contributed by atoms with Gasteiger partial charge in [-0.3, -0.25) is 4.79 Å². The number of hydrogen-bond donors (Lipinski definition) is 4. The number of carbonyl (C=O) groups excluding carboxylic acids is 1. The van der Waals surface area contributed by atoms with Crippen LogP contribution in [-0.4, -0.2) is 53.9 Å². The quantitative estimate of drug-likeness (QED) is 0.230. The van der Waals surface area contributed by atoms with Gasteiger partial charge < -0.3 is 35.6 Å². The molecular formula is C27H35N7O4. The number of hydrogen-bond acceptors (Lipinski definition) is 10. The number of anilines is 3. The average molecular weight is 522 g/mol. The van der Waals surface area contributed by atoms with Crippen LogP contribution in [0.1, 0.15) is 26.7 Å². The molecule has 3 aromatic rings. The van der Waals surface area contributed by atoms with Crippen molar-refractivity contribution in [3.63, 3.8) is 0 Å². The molecule has 1 saturated heterocycles. The summed E-state index contributed by atoms with van der Waals surface area (Å²) in [6, 6.07) is 11.0. The number of ether oxygens (including phenoxy) is 3. The van der Waals surface area contributed by atoms with Gasteiger partial charge in [0.1, 0.15) is 36.3 Å². The molecule has 202 valence electrons. The summed E-state index contributed by atoms with van der Waals surface area (Å²) in [5, 5.41) is 8.16. The van der Waals surface area contributed by atoms with Crippen LogP contribution in [0, 0.1) is 5.92 Å². The number of aromatic nitrogens is 2. The molecule has 0 unspecified atom stereocenters. The van der Waals surface area contributed by atoms with Gasteiger partial charge in [-0.2, -0.15) is 0 Å². The highest BCUT2D eigenvalue weighted by Crippen LogP contribution is 2.36. The van der Waals surface area contributed by atoms with Gasteiger partial charge in [0.05, 0.1) is 31.2 Å². The predicted octanol–water partition coefficient (Wildman–Crippen LogP) is 3.51. The normalized spacial score (nSPS) is 14.4. The van der Waals surface area contributed by atoms with Crippen molar-refractivity contribution in [2.45, 2.75) is 32.8 Å². The molecule has 11 heteroatoms. The van der Waals surface area contributed by atoms with E-state index in [0.717, 1.165) is 23.9 Å². The Labute approximate surface area is 222 Å². The number of hydrazine groups is 1. The molecule has 6 N–H and O–H groups in total. The van der Waals surface area contributed by atoms with E-state index in [9.17, 15) is 4.79 Å². The van der Waals surface area contributed by atoms with Gasteiger partial charge >= 0.3 is 0 Å². The number of nitrogens with two attached hydrogens (primary N) is 2. The highest BCUT2D eigenvalue weighted by atomic mass is 16.5. The Morgan fingerprint density at radius 1 is 1.18 bits per heavy atom. The standard InChI is InChI=1S/C27H35N7O4/c1-17(2)22(28)14-34(29)15-25(35)32-18-4-6-19(7-5-18)33-27-26-23(30-16-31-27)12-21(13-24(26)36-3)38-20-8-10-37-11-9-20/h4-7,12-14,16-17,20H,8-11,15,28-29H2,1-3H3,(H,32,35)(H,30,31,33)/b22-14-. The Balaban J connectivity index is 1.44. The van der Waals surface area contributed by atoms with E-state index in [4.69, 9.17) is 25.8 Å². The molecule has 1 fully saturated rings. The summed E-state index contributed by atoms with van der Waals surface area (Å²) in [5.41, 5.74) is 8.61. The van der Waals surface area contributed by atoms with Crippen molar-refractivity contribution in [3.8, 4) is 11.5 Å². The maximum atomic E-state index is 12.4. The van der Waals surface area contributed by atoms with Crippen molar-refractivity contribution in [1.82, 2.24) is 15.0 Å². The molecule has 2 heterocycles. The topological polar surface area (TPSA) is 150 Å². The summed E-state index contributed by atoms with van der Waals surface area (Å²) in [5.74, 6) is 7.65. The molecule has 0 radical (unpaired) electrons. The highest BCUT2D eigenvalue weighted by Gasteiger charge is 2.18. The van der Waals surface area contributed by atoms with E-state index in [2.05, 4.69) is 20.6 Å². The fourth-order valence-electron chi connectivity index (χ4n) is 3.97. The first-order valence-corrected chi connectivity index (χ1v) is 12.5. The SMILES string of the molecule is COc1cc(OC2CCOCC2)cc2ncnc(Nc3ccc(NC(=O)CN(N)/C=C(\N)C(C)C)cc3)c12. The minimum absolute atomic E-state index is 0.0274. The average Bonchev–Trinajstić information content (AvgIpc) is 2.89. The molecule has 11 nitrogen and oxygen atoms in total. The van der Waals surface area contributed by atoms with Crippen molar-refractivity contribution < 1.29 is 19.0 Å². The molecule has 1 amide bonds. The van der Waals surface area contributed by atoms with Crippen molar-refractivity contribution in [1.29, 1.82) is 0 Å². The van der Waals surface area contributed by atoms with Crippen LogP contribution < -0.4 is 31.7 Å². The van der Waals surface area contributed by atoms with Crippen LogP contribution in [0.5, 0.6) is 11.5 Å². The lowest BCUT2D eigenvalue weighted by Crippen LogP contribution is -2.35. The number of rotatable bonds is 10. The Hall–Kier alpha value is -4.09. The van der Waals surface area contributed by atoms with Crippen LogP contribution >= 0.6 is 0 Å². The van der Waals surface area contributed by atoms with Crippen LogP contribution in [0.2, 0.25) is 0 Å². The second kappa shape index (κ2) is 12.4. The zero-order valence-electron chi connectivity index (χ0n) is 21.9. The van der Waals surface area contributed by atoms with E-state index < -0.39 is 0 Å². The van der Waals surface area contributed by atoms with E-state index >= 15 is 0 Å². The molecular weight excluding hydrogens is 486 g/mol. The molecule has 1 aliphatic rings. The van der Waals surface area contributed by atoms with Gasteiger partial charge in [-0.15, -0.1) is 0 Å². The molecule has 1 aromatic heterocycles. The van der Waals surface area contributed by atoms with Crippen molar-refractivity contribution >= 4 is 34.0 Å². The van der Waals surface area contributed by atoms with E-state index in [-0.39, 0.29) is 24.5 Å². The third-order valence-electron chi connectivity index (χ3n) is 6.11. The summed E-state index contributed by atoms with van der Waals surface area (Å²) in [6.45, 7) is 5.28. The molecule has 0 bridgehead atoms. The van der Waals surface area contributed by atoms with Gasteiger partial charge in [-0.1, -0.05) is 13.8 Å². The number of methoxy groups -OCH3 is 1. The zero-order chi connectivity index (χ0) is 27.1. The smallest absolute Gasteiger partial charge is 0.245 e. The second-order valence-electron chi connectivity index (χ2n) is 9.38. The van der Waals surface area contributed by atoms with Gasteiger partial charge in [-0.05, 0) is 30.2 Å². The lowest BCUT2D eigenvalue weighted by atomic mass is 10.1. The third-order valence-corrected chi connectivity index (χ3v) is 6.11. The lowest BCUT2D eigenvalue weighted by Gasteiger charge is -2.23. The minimum Gasteiger partial charge on any atom is -0.496 e. The fourth-order valence-corrected chi connectivity index (χ4v) is 3.97. The maximum absolute atomic E-state index is 12.4. The van der Waals surface area contributed by atoms with E-state index in [1.165, 1.54) is 11.3 Å². The number of carbonyl (C=O) groups is 1. The van der Waals surface area contributed by atoms with Crippen LogP contribution in [-0.2, 0) is 9.53 Å². The van der Waals surface area contributed by atoms with Crippen molar-refractivity contribution in [3.05, 3.63) is 54.6 Å². The largest absolute Gasteiger partial charge is 0.496 e. The molecule has 38 heavy (non-hydrogen) atoms. The summed E-state index contributed by atoms with van der Waals surface area (Å²) in [6.07, 6.45) is 4.86. The Morgan fingerprint density at radius 2 is 1.89 bits per heavy atom. The molecule has 0 aliphatic carbocycles. The molecule has 2 aromatic carbocycles. The second-order valence-corrected chi connectivity index (χ2v) is 9.38. The summed E-state index contributed by atoms with van der Waals surface area (Å²) in [7, 11) is 1.61. The van der Waals surface area contributed by atoms with Gasteiger partial charge in [0.2, 0.25) is 5.91 Å². The zero-order valence-corrected chi connectivity index (χ0v) is 21.9. The van der Waals surface area contributed by atoms with E-state index in [1.54, 1.807) is 25.4 Å². The Bertz CT molecular complexity index is 1270. The number of benzene rings is 2. The molecule has 4 rings (SSSR count). The maximum Gasteiger partial charge on any atom is 0.245 e. The van der Waals surface area contributed by atoms with Crippen LogP contribution in [0.4, 0.5) is 17.2 Å². The number of fused-ring (bicyclic) bond motifs is 1. The monoisotopic (exact) mass is 521 g/mol. The minimum atomic E-state index is -0.258. The van der Waals surface area contributed by atoms with Crippen LogP contribution in [0.25, 0.3) is 10.9 Å². The Kier molecular flexibility index (Phi) is 8.82. The third kappa shape index (κ3) is 7.02. The van der Waals surface area contributed by atoms with Gasteiger partial charge in [0, 0.05) is 48.2 Å². The lowest BCUT2D eigenvalue weighted by molar-refractivity contribution is -0.116. The molecule has 0 spiro atoms. The fraction of sp³-hybridized carbons (Fsp3) is 0.370. The Morgan fingerprint density at radius 3 is 2.58 bits per heavy atom. The molecule has 1 aliphatic heterocycles. The van der Waals surface area contributed by atoms with Crippen molar-refractivity contribution in [2.75, 3.05) is 37.5 Å². The van der Waals surface area contributed by atoms with E-state index in [1.807, 2.05) is 38.1 Å². The molecule has 0 atom stereocenters. The van der Waals surface area contributed by atoms with E-state index in [0.29, 0.717) is 47.4 Å². The van der Waals surface area contributed by atoms with Gasteiger partial charge in [-0.25, -0.2) is 15.8 Å². The first kappa shape index (κ1) is 27.0. The van der Waals surface area contributed by atoms with Gasteiger partial charge in [0.25, 0.3) is 0 Å². The number of nitrogens with one attached hydrogen (secondary N) is 2. The molecule has 0 saturated carbocycles. The predicted molar refractivity (Wildman–Crippen MR) is 147 cm³/mol. The summed E-state index contributed by atoms with van der Waals surface area (Å²) < 4.78 is 17.3. The van der Waals surface area contributed by atoms with Gasteiger partial charge in [0.15, 0.2) is 0 Å². The number of amides is 1. The van der Waals surface area contributed by atoms with Crippen molar-refractivity contribution in [2.24, 2.45) is 17.5 Å². The highest BCUT2D eigenvalue weighted by molar-refractivity contribution is 5.97. The summed E-state index contributed by atoms with van der Waals surface area (Å²) in [4.78, 5) is 21.2. The van der Waals surface area contributed by atoms with Crippen LogP contribution in [0.3, 0.4) is 0 Å². The summed E-state index contributed by atoms with van der Waals surface area (Å²) >= 11 is 0. The first-order chi connectivity index (χ1) is 18.3.